The Kier molecular flexibility index (Phi) is 5.34. The molecule has 3 aromatic rings. The third kappa shape index (κ3) is 3.77. The Balaban J connectivity index is 1.47. The molecule has 2 fully saturated rings. The average molecular weight is 402 g/mol. The largest absolute Gasteiger partial charge is 0.497 e. The van der Waals surface area contributed by atoms with Gasteiger partial charge in [-0.05, 0) is 74.9 Å². The van der Waals surface area contributed by atoms with E-state index in [-0.39, 0.29) is 0 Å². The Labute approximate surface area is 179 Å². The van der Waals surface area contributed by atoms with Gasteiger partial charge in [0.1, 0.15) is 5.75 Å². The minimum Gasteiger partial charge on any atom is -0.497 e. The number of anilines is 1. The van der Waals surface area contributed by atoms with Gasteiger partial charge in [0, 0.05) is 35.8 Å². The van der Waals surface area contributed by atoms with Gasteiger partial charge in [-0.15, -0.1) is 0 Å². The summed E-state index contributed by atoms with van der Waals surface area (Å²) >= 11 is 0. The number of aromatic nitrogens is 1. The van der Waals surface area contributed by atoms with Crippen LogP contribution in [0.2, 0.25) is 0 Å². The van der Waals surface area contributed by atoms with Crippen molar-refractivity contribution < 1.29 is 4.74 Å². The van der Waals surface area contributed by atoms with Crippen LogP contribution in [-0.4, -0.2) is 38.8 Å². The summed E-state index contributed by atoms with van der Waals surface area (Å²) in [6, 6.07) is 17.7. The zero-order chi connectivity index (χ0) is 20.5. The molecule has 1 saturated carbocycles. The second-order valence-corrected chi connectivity index (χ2v) is 8.72. The highest BCUT2D eigenvalue weighted by Gasteiger charge is 2.37. The molecular formula is C26H31N3O. The smallest absolute Gasteiger partial charge is 0.121 e. The summed E-state index contributed by atoms with van der Waals surface area (Å²) in [5, 5.41) is 4.48. The molecule has 2 atom stereocenters. The highest BCUT2D eigenvalue weighted by Crippen LogP contribution is 2.49. The van der Waals surface area contributed by atoms with Crippen molar-refractivity contribution >= 4 is 16.6 Å². The number of ether oxygens (including phenoxy) is 1. The molecule has 2 heterocycles. The zero-order valence-electron chi connectivity index (χ0n) is 18.0. The lowest BCUT2D eigenvalue weighted by Gasteiger charge is -2.21. The van der Waals surface area contributed by atoms with Gasteiger partial charge in [-0.25, -0.2) is 4.98 Å². The van der Waals surface area contributed by atoms with Crippen LogP contribution < -0.4 is 15.0 Å². The van der Waals surface area contributed by atoms with E-state index in [1.165, 1.54) is 47.9 Å². The lowest BCUT2D eigenvalue weighted by atomic mass is 10.0. The molecule has 2 unspecified atom stereocenters. The number of benzene rings is 2. The fraction of sp³-hybridized carbons (Fsp3) is 0.423. The van der Waals surface area contributed by atoms with E-state index in [0.717, 1.165) is 48.4 Å². The predicted molar refractivity (Wildman–Crippen MR) is 125 cm³/mol. The molecule has 1 N–H and O–H groups in total. The first-order valence-corrected chi connectivity index (χ1v) is 11.3. The van der Waals surface area contributed by atoms with E-state index in [1.54, 1.807) is 7.11 Å². The lowest BCUT2D eigenvalue weighted by molar-refractivity contribution is 0.415. The molecule has 5 rings (SSSR count). The van der Waals surface area contributed by atoms with Gasteiger partial charge in [0.2, 0.25) is 0 Å². The van der Waals surface area contributed by atoms with E-state index in [1.807, 2.05) is 13.1 Å². The van der Waals surface area contributed by atoms with Crippen molar-refractivity contribution in [2.24, 2.45) is 5.92 Å². The number of methoxy groups -OCH3 is 1. The van der Waals surface area contributed by atoms with E-state index in [2.05, 4.69) is 52.7 Å². The molecule has 1 aliphatic heterocycles. The van der Waals surface area contributed by atoms with Crippen LogP contribution in [0.15, 0.2) is 48.5 Å². The topological polar surface area (TPSA) is 37.4 Å². The van der Waals surface area contributed by atoms with Gasteiger partial charge in [0.25, 0.3) is 0 Å². The van der Waals surface area contributed by atoms with E-state index in [4.69, 9.17) is 9.72 Å². The first-order chi connectivity index (χ1) is 14.8. The van der Waals surface area contributed by atoms with Crippen molar-refractivity contribution in [2.45, 2.75) is 31.6 Å². The fourth-order valence-corrected chi connectivity index (χ4v) is 4.89. The molecule has 0 bridgehead atoms. The Bertz CT molecular complexity index is 1020. The quantitative estimate of drug-likeness (QED) is 0.589. The van der Waals surface area contributed by atoms with Gasteiger partial charge in [0.05, 0.1) is 18.3 Å². The Morgan fingerprint density at radius 3 is 2.60 bits per heavy atom. The van der Waals surface area contributed by atoms with Crippen LogP contribution in [-0.2, 0) is 0 Å². The molecule has 30 heavy (non-hydrogen) atoms. The summed E-state index contributed by atoms with van der Waals surface area (Å²) in [6.07, 6.45) is 5.13. The SMILES string of the molecule is CNCCC1CC1c1ccc(-c2cc(N3CCCC3)c3ccc(OC)cc3n2)cc1. The van der Waals surface area contributed by atoms with Crippen LogP contribution in [0.5, 0.6) is 5.75 Å². The van der Waals surface area contributed by atoms with Gasteiger partial charge in [-0.3, -0.25) is 0 Å². The summed E-state index contributed by atoms with van der Waals surface area (Å²) in [5.74, 6) is 2.44. The Hall–Kier alpha value is -2.59. The average Bonchev–Trinajstić information content (AvgIpc) is 3.36. The molecule has 0 spiro atoms. The molecule has 1 aromatic heterocycles. The number of fused-ring (bicyclic) bond motifs is 1. The van der Waals surface area contributed by atoms with Crippen LogP contribution in [0.1, 0.15) is 37.2 Å². The molecule has 2 aromatic carbocycles. The Morgan fingerprint density at radius 1 is 1.07 bits per heavy atom. The summed E-state index contributed by atoms with van der Waals surface area (Å²) in [6.45, 7) is 3.36. The minimum atomic E-state index is 0.737. The summed E-state index contributed by atoms with van der Waals surface area (Å²) in [4.78, 5) is 7.52. The summed E-state index contributed by atoms with van der Waals surface area (Å²) < 4.78 is 5.46. The monoisotopic (exact) mass is 401 g/mol. The first-order valence-electron chi connectivity index (χ1n) is 11.3. The molecule has 2 aliphatic rings. The Morgan fingerprint density at radius 2 is 1.87 bits per heavy atom. The number of nitrogens with one attached hydrogen (secondary N) is 1. The standard InChI is InChI=1S/C26H31N3O/c1-27-12-11-20-15-23(20)18-5-7-19(8-6-18)24-17-26(29-13-3-4-14-29)22-10-9-21(30-2)16-25(22)28-24/h5-10,16-17,20,23,27H,3-4,11-15H2,1-2H3. The normalized spacial score (nSPS) is 20.7. The van der Waals surface area contributed by atoms with Gasteiger partial charge in [-0.1, -0.05) is 24.3 Å². The maximum atomic E-state index is 5.46. The molecule has 1 aliphatic carbocycles. The highest BCUT2D eigenvalue weighted by atomic mass is 16.5. The zero-order valence-corrected chi connectivity index (χ0v) is 18.0. The van der Waals surface area contributed by atoms with Crippen LogP contribution in [0.25, 0.3) is 22.2 Å². The molecular weight excluding hydrogens is 370 g/mol. The molecule has 4 heteroatoms. The van der Waals surface area contributed by atoms with Gasteiger partial charge in [-0.2, -0.15) is 0 Å². The summed E-state index contributed by atoms with van der Waals surface area (Å²) in [5.41, 5.74) is 6.02. The van der Waals surface area contributed by atoms with E-state index >= 15 is 0 Å². The van der Waals surface area contributed by atoms with Crippen LogP contribution >= 0.6 is 0 Å². The van der Waals surface area contributed by atoms with Crippen LogP contribution in [0.3, 0.4) is 0 Å². The molecule has 0 radical (unpaired) electrons. The van der Waals surface area contributed by atoms with Crippen LogP contribution in [0, 0.1) is 5.92 Å². The predicted octanol–water partition coefficient (Wildman–Crippen LogP) is 5.22. The third-order valence-corrected chi connectivity index (χ3v) is 6.76. The van der Waals surface area contributed by atoms with E-state index < -0.39 is 0 Å². The van der Waals surface area contributed by atoms with Crippen molar-refractivity contribution in [3.63, 3.8) is 0 Å². The van der Waals surface area contributed by atoms with E-state index in [0.29, 0.717) is 0 Å². The van der Waals surface area contributed by atoms with Crippen molar-refractivity contribution in [1.29, 1.82) is 0 Å². The van der Waals surface area contributed by atoms with Crippen LogP contribution in [0.4, 0.5) is 5.69 Å². The number of hydrogen-bond acceptors (Lipinski definition) is 4. The fourth-order valence-electron chi connectivity index (χ4n) is 4.89. The number of rotatable bonds is 7. The third-order valence-electron chi connectivity index (χ3n) is 6.76. The van der Waals surface area contributed by atoms with E-state index in [9.17, 15) is 0 Å². The van der Waals surface area contributed by atoms with Crippen molar-refractivity contribution in [3.8, 4) is 17.0 Å². The highest BCUT2D eigenvalue weighted by molar-refractivity contribution is 5.95. The second-order valence-electron chi connectivity index (χ2n) is 8.72. The number of hydrogen-bond donors (Lipinski definition) is 1. The van der Waals surface area contributed by atoms with Crippen molar-refractivity contribution in [2.75, 3.05) is 38.7 Å². The maximum Gasteiger partial charge on any atom is 0.121 e. The lowest BCUT2D eigenvalue weighted by Crippen LogP contribution is -2.18. The van der Waals surface area contributed by atoms with Gasteiger partial charge >= 0.3 is 0 Å². The van der Waals surface area contributed by atoms with Gasteiger partial charge in [0.15, 0.2) is 0 Å². The number of nitrogens with zero attached hydrogens (tertiary/aromatic N) is 2. The molecule has 0 amide bonds. The molecule has 4 nitrogen and oxygen atoms in total. The second kappa shape index (κ2) is 8.27. The first kappa shape index (κ1) is 19.4. The maximum absolute atomic E-state index is 5.46. The molecule has 156 valence electrons. The molecule has 1 saturated heterocycles. The summed E-state index contributed by atoms with van der Waals surface area (Å²) in [7, 11) is 3.75. The van der Waals surface area contributed by atoms with Gasteiger partial charge < -0.3 is 15.0 Å². The van der Waals surface area contributed by atoms with Crippen molar-refractivity contribution in [1.82, 2.24) is 10.3 Å². The minimum absolute atomic E-state index is 0.737. The number of pyridine rings is 1. The van der Waals surface area contributed by atoms with Crippen molar-refractivity contribution in [3.05, 3.63) is 54.1 Å².